The number of phosphoric acid groups is 1. The Morgan fingerprint density at radius 3 is 2.84 bits per heavy atom. The number of fused-ring (bicyclic) bond motifs is 2. The van der Waals surface area contributed by atoms with Crippen LogP contribution in [0.4, 0.5) is 10.7 Å². The number of nitrogens with zero attached hydrogens (tertiary/aromatic N) is 4. The van der Waals surface area contributed by atoms with Crippen LogP contribution in [0.15, 0.2) is 30.6 Å². The van der Waals surface area contributed by atoms with Gasteiger partial charge in [0.1, 0.15) is 6.10 Å². The van der Waals surface area contributed by atoms with Gasteiger partial charge in [-0.15, -0.1) is 0 Å². The molecule has 2 N–H and O–H groups in total. The van der Waals surface area contributed by atoms with Crippen LogP contribution in [0.2, 0.25) is 5.02 Å². The number of hydrogen-bond donors (Lipinski definition) is 1. The summed E-state index contributed by atoms with van der Waals surface area (Å²) in [7, 11) is -4.01. The fourth-order valence-corrected chi connectivity index (χ4v) is 7.52. The highest BCUT2D eigenvalue weighted by molar-refractivity contribution is 7.48. The molecule has 4 aliphatic heterocycles. The van der Waals surface area contributed by atoms with Crippen molar-refractivity contribution in [3.63, 3.8) is 0 Å². The number of halogens is 1. The summed E-state index contributed by atoms with van der Waals surface area (Å²) >= 11 is 6.13. The second kappa shape index (κ2) is 11.7. The van der Waals surface area contributed by atoms with E-state index < -0.39 is 44.1 Å². The number of nitrogens with two attached hydrogens (primary N) is 1. The maximum atomic E-state index is 13.5. The maximum absolute atomic E-state index is 13.5. The van der Waals surface area contributed by atoms with Crippen molar-refractivity contribution in [2.24, 2.45) is 5.92 Å². The molecular weight excluding hydrogens is 621 g/mol. The molecular formula is C27H31ClN5O10P. The van der Waals surface area contributed by atoms with Crippen LogP contribution >= 0.6 is 19.4 Å². The molecule has 0 aliphatic carbocycles. The van der Waals surface area contributed by atoms with Gasteiger partial charge < -0.3 is 29.4 Å². The molecule has 4 aliphatic rings. The summed E-state index contributed by atoms with van der Waals surface area (Å²) in [6, 6.07) is 7.08. The zero-order valence-corrected chi connectivity index (χ0v) is 25.4. The highest BCUT2D eigenvalue weighted by atomic mass is 35.5. The maximum Gasteiger partial charge on any atom is 0.509 e. The van der Waals surface area contributed by atoms with Gasteiger partial charge in [0.05, 0.1) is 32.3 Å². The number of carbonyl (C=O) groups is 1. The number of anilines is 1. The molecule has 0 radical (unpaired) electrons. The molecule has 236 valence electrons. The lowest BCUT2D eigenvalue weighted by Crippen LogP contribution is -2.42. The summed E-state index contributed by atoms with van der Waals surface area (Å²) < 4.78 is 60.9. The molecule has 0 amide bonds. The topological polar surface area (TPSA) is 178 Å². The van der Waals surface area contributed by atoms with Gasteiger partial charge in [0.15, 0.2) is 29.1 Å². The number of aromatic nitrogens is 4. The van der Waals surface area contributed by atoms with Crippen molar-refractivity contribution in [3.05, 3.63) is 41.2 Å². The van der Waals surface area contributed by atoms with E-state index in [1.807, 2.05) is 6.07 Å². The molecule has 6 heterocycles. The number of nitrogen functional groups attached to an aromatic ring is 1. The molecule has 4 fully saturated rings. The highest BCUT2D eigenvalue weighted by Crippen LogP contribution is 2.58. The van der Waals surface area contributed by atoms with Gasteiger partial charge in [0.2, 0.25) is 11.8 Å². The summed E-state index contributed by atoms with van der Waals surface area (Å²) in [6.07, 6.45) is -0.540. The number of benzene rings is 1. The normalized spacial score (nSPS) is 32.4. The van der Waals surface area contributed by atoms with Crippen molar-refractivity contribution in [2.45, 2.75) is 56.3 Å². The minimum atomic E-state index is -4.01. The third-order valence-corrected chi connectivity index (χ3v) is 9.89. The number of hydrogen-bond acceptors (Lipinski definition) is 14. The Bertz CT molecular complexity index is 1600. The monoisotopic (exact) mass is 651 g/mol. The Labute approximate surface area is 256 Å². The molecule has 0 saturated carbocycles. The van der Waals surface area contributed by atoms with Crippen molar-refractivity contribution in [2.75, 3.05) is 38.8 Å². The van der Waals surface area contributed by atoms with E-state index in [1.165, 1.54) is 6.33 Å². The first-order valence-corrected chi connectivity index (χ1v) is 16.1. The van der Waals surface area contributed by atoms with Gasteiger partial charge in [-0.3, -0.25) is 18.1 Å². The molecule has 17 heteroatoms. The second-order valence-electron chi connectivity index (χ2n) is 11.2. The highest BCUT2D eigenvalue weighted by Gasteiger charge is 2.64. The summed E-state index contributed by atoms with van der Waals surface area (Å²) in [6.45, 7) is 3.31. The van der Waals surface area contributed by atoms with Crippen molar-refractivity contribution in [3.8, 4) is 5.88 Å². The standard InChI is InChI=1S/C27H31ClN5O10P/c1-27-21(41-26(34)42-27)19(13-39-44(35)38-10-7-18(43-44)16-3-2-4-17(28)11-16)40-24(27)33-14-30-20-22(33)31-25(29)32-23(20)37-12-15-5-8-36-9-6-15/h2-4,11,14-15,18-19,21,24H,5-10,12-13H2,1H3,(H2,29,31,32)/t18-,19+,21+,24+,27+,44+/m0/s1. The Hall–Kier alpha value is -3.04. The van der Waals surface area contributed by atoms with E-state index in [1.54, 1.807) is 29.7 Å². The van der Waals surface area contributed by atoms with Crippen LogP contribution in [0.1, 0.15) is 44.1 Å². The van der Waals surface area contributed by atoms with E-state index in [9.17, 15) is 9.36 Å². The third kappa shape index (κ3) is 5.62. The Morgan fingerprint density at radius 2 is 2.02 bits per heavy atom. The molecule has 0 bridgehead atoms. The molecule has 1 aromatic carbocycles. The lowest BCUT2D eigenvalue weighted by atomic mass is 9.96. The molecule has 7 rings (SSSR count). The largest absolute Gasteiger partial charge is 0.509 e. The van der Waals surface area contributed by atoms with Crippen molar-refractivity contribution in [1.29, 1.82) is 0 Å². The average Bonchev–Trinajstić information content (AvgIpc) is 3.64. The minimum absolute atomic E-state index is 0.0283. The molecule has 2 aromatic heterocycles. The number of ether oxygens (including phenoxy) is 5. The first kappa shape index (κ1) is 29.7. The average molecular weight is 652 g/mol. The SMILES string of the molecule is C[C@@]12OC(=O)O[C@@H]1[C@@H](CO[P@@]1(=O)OCC[C@@H](c3cccc(Cl)c3)O1)O[C@H]2n1cnc2c(OCC3CCOCC3)nc(N)nc21. The van der Waals surface area contributed by atoms with Crippen LogP contribution in [0.5, 0.6) is 5.88 Å². The summed E-state index contributed by atoms with van der Waals surface area (Å²) in [5.74, 6) is 0.520. The van der Waals surface area contributed by atoms with Crippen LogP contribution in [0.3, 0.4) is 0 Å². The lowest BCUT2D eigenvalue weighted by Gasteiger charge is -2.30. The van der Waals surface area contributed by atoms with E-state index in [0.717, 1.165) is 18.4 Å². The molecule has 4 saturated heterocycles. The fraction of sp³-hybridized carbons (Fsp3) is 0.556. The van der Waals surface area contributed by atoms with E-state index in [-0.39, 0.29) is 25.0 Å². The van der Waals surface area contributed by atoms with E-state index in [2.05, 4.69) is 15.0 Å². The van der Waals surface area contributed by atoms with E-state index in [0.29, 0.717) is 48.3 Å². The predicted octanol–water partition coefficient (Wildman–Crippen LogP) is 4.36. The lowest BCUT2D eigenvalue weighted by molar-refractivity contribution is -0.0925. The van der Waals surface area contributed by atoms with E-state index >= 15 is 0 Å². The van der Waals surface area contributed by atoms with Crippen molar-refractivity contribution >= 4 is 42.7 Å². The molecule has 15 nitrogen and oxygen atoms in total. The van der Waals surface area contributed by atoms with E-state index in [4.69, 9.17) is 54.6 Å². The number of imidazole rings is 1. The first-order valence-electron chi connectivity index (χ1n) is 14.3. The van der Waals surface area contributed by atoms with Crippen LogP contribution in [0, 0.1) is 5.92 Å². The Kier molecular flexibility index (Phi) is 7.90. The quantitative estimate of drug-likeness (QED) is 0.268. The van der Waals surface area contributed by atoms with Gasteiger partial charge >= 0.3 is 14.0 Å². The molecule has 0 spiro atoms. The number of phosphoric ester groups is 1. The van der Waals surface area contributed by atoms with Crippen LogP contribution in [0.25, 0.3) is 11.2 Å². The third-order valence-electron chi connectivity index (χ3n) is 8.18. The van der Waals surface area contributed by atoms with Gasteiger partial charge in [-0.1, -0.05) is 23.7 Å². The Balaban J connectivity index is 1.10. The molecule has 44 heavy (non-hydrogen) atoms. The fourth-order valence-electron chi connectivity index (χ4n) is 5.92. The molecule has 0 unspecified atom stereocenters. The number of carbonyl (C=O) groups excluding carboxylic acids is 1. The minimum Gasteiger partial charge on any atom is -0.476 e. The smallest absolute Gasteiger partial charge is 0.476 e. The molecule has 6 atom stereocenters. The number of rotatable bonds is 8. The Morgan fingerprint density at radius 1 is 1.18 bits per heavy atom. The zero-order valence-electron chi connectivity index (χ0n) is 23.7. The first-order chi connectivity index (χ1) is 21.2. The van der Waals surface area contributed by atoms with Gasteiger partial charge in [0, 0.05) is 24.7 Å². The van der Waals surface area contributed by atoms with Gasteiger partial charge in [-0.25, -0.2) is 14.3 Å². The van der Waals surface area contributed by atoms with Crippen LogP contribution in [-0.2, 0) is 37.1 Å². The van der Waals surface area contributed by atoms with Crippen molar-refractivity contribution in [1.82, 2.24) is 19.5 Å². The zero-order chi connectivity index (χ0) is 30.5. The summed E-state index contributed by atoms with van der Waals surface area (Å²) in [5, 5.41) is 0.526. The molecule has 3 aromatic rings. The van der Waals surface area contributed by atoms with Gasteiger partial charge in [-0.2, -0.15) is 9.97 Å². The van der Waals surface area contributed by atoms with Gasteiger partial charge in [0.25, 0.3) is 0 Å². The summed E-state index contributed by atoms with van der Waals surface area (Å²) in [5.41, 5.74) is 6.15. The van der Waals surface area contributed by atoms with Crippen LogP contribution < -0.4 is 10.5 Å². The predicted molar refractivity (Wildman–Crippen MR) is 152 cm³/mol. The second-order valence-corrected chi connectivity index (χ2v) is 13.3. The van der Waals surface area contributed by atoms with Gasteiger partial charge in [-0.05, 0) is 43.4 Å². The summed E-state index contributed by atoms with van der Waals surface area (Å²) in [4.78, 5) is 25.5. The van der Waals surface area contributed by atoms with Crippen molar-refractivity contribution < 1.29 is 46.6 Å². The van der Waals surface area contributed by atoms with Crippen LogP contribution in [-0.4, -0.2) is 76.5 Å².